The van der Waals surface area contributed by atoms with E-state index in [1.54, 1.807) is 6.07 Å². The number of rotatable bonds is 3. The van der Waals surface area contributed by atoms with Crippen LogP contribution in [0.2, 0.25) is 0 Å². The molecular formula is C14H17N3O2. The number of aromatic nitrogens is 2. The molecule has 0 fully saturated rings. The molecule has 0 saturated carbocycles. The van der Waals surface area contributed by atoms with Gasteiger partial charge >= 0.3 is 0 Å². The summed E-state index contributed by atoms with van der Waals surface area (Å²) in [6, 6.07) is 10.7. The zero-order valence-electron chi connectivity index (χ0n) is 11.0. The second-order valence-corrected chi connectivity index (χ2v) is 3.92. The number of aryl methyl sites for hydroxylation is 1. The van der Waals surface area contributed by atoms with E-state index in [2.05, 4.69) is 15.5 Å². The van der Waals surface area contributed by atoms with E-state index in [4.69, 9.17) is 0 Å². The third kappa shape index (κ3) is 5.27. The van der Waals surface area contributed by atoms with E-state index in [9.17, 15) is 9.59 Å². The van der Waals surface area contributed by atoms with Gasteiger partial charge in [-0.2, -0.15) is 5.10 Å². The van der Waals surface area contributed by atoms with Gasteiger partial charge < -0.3 is 5.32 Å². The smallest absolute Gasteiger partial charge is 0.264 e. The maximum Gasteiger partial charge on any atom is 0.264 e. The highest BCUT2D eigenvalue weighted by Gasteiger charge is 1.90. The van der Waals surface area contributed by atoms with Crippen molar-refractivity contribution in [2.45, 2.75) is 13.5 Å². The SMILES string of the molecule is CNCc1ccc(=O)[nH]n1.Cc1ccccc1C=O. The van der Waals surface area contributed by atoms with Gasteiger partial charge in [0.1, 0.15) is 6.29 Å². The number of nitrogens with one attached hydrogen (secondary N) is 2. The van der Waals surface area contributed by atoms with E-state index in [1.807, 2.05) is 38.2 Å². The number of H-pyrrole nitrogens is 1. The van der Waals surface area contributed by atoms with Crippen LogP contribution in [-0.2, 0) is 6.54 Å². The highest BCUT2D eigenvalue weighted by atomic mass is 16.1. The first-order valence-corrected chi connectivity index (χ1v) is 5.87. The van der Waals surface area contributed by atoms with Gasteiger partial charge in [-0.05, 0) is 25.6 Å². The zero-order chi connectivity index (χ0) is 14.1. The van der Waals surface area contributed by atoms with Crippen LogP contribution >= 0.6 is 0 Å². The van der Waals surface area contributed by atoms with Gasteiger partial charge in [-0.3, -0.25) is 9.59 Å². The minimum atomic E-state index is -0.167. The van der Waals surface area contributed by atoms with Crippen molar-refractivity contribution >= 4 is 6.29 Å². The number of carbonyl (C=O) groups is 1. The normalized spacial score (nSPS) is 9.37. The predicted molar refractivity (Wildman–Crippen MR) is 74.2 cm³/mol. The summed E-state index contributed by atoms with van der Waals surface area (Å²) in [5.41, 5.74) is 2.48. The second-order valence-electron chi connectivity index (χ2n) is 3.92. The Balaban J connectivity index is 0.000000191. The van der Waals surface area contributed by atoms with Crippen LogP contribution in [0.5, 0.6) is 0 Å². The fourth-order valence-corrected chi connectivity index (χ4v) is 1.37. The second kappa shape index (κ2) is 7.94. The standard InChI is InChI=1S/C8H8O.C6H9N3O/c1-7-4-2-3-5-8(7)6-9;1-7-4-5-2-3-6(10)9-8-5/h2-6H,1H3;2-3,7H,4H2,1H3,(H,9,10). The largest absolute Gasteiger partial charge is 0.314 e. The van der Waals surface area contributed by atoms with Crippen LogP contribution in [0, 0.1) is 6.92 Å². The molecule has 0 radical (unpaired) electrons. The molecular weight excluding hydrogens is 242 g/mol. The molecule has 0 aliphatic heterocycles. The summed E-state index contributed by atoms with van der Waals surface area (Å²) >= 11 is 0. The lowest BCUT2D eigenvalue weighted by Gasteiger charge is -1.94. The first-order chi connectivity index (χ1) is 9.17. The maximum absolute atomic E-state index is 10.5. The highest BCUT2D eigenvalue weighted by molar-refractivity contribution is 5.76. The minimum absolute atomic E-state index is 0.167. The van der Waals surface area contributed by atoms with Gasteiger partial charge in [-0.15, -0.1) is 0 Å². The van der Waals surface area contributed by atoms with Crippen molar-refractivity contribution in [2.75, 3.05) is 7.05 Å². The molecule has 1 aromatic carbocycles. The van der Waals surface area contributed by atoms with Gasteiger partial charge in [0, 0.05) is 18.2 Å². The van der Waals surface area contributed by atoms with Gasteiger partial charge in [-0.1, -0.05) is 24.3 Å². The highest BCUT2D eigenvalue weighted by Crippen LogP contribution is 2.02. The van der Waals surface area contributed by atoms with Gasteiger partial charge in [0.15, 0.2) is 0 Å². The Morgan fingerprint density at radius 3 is 2.47 bits per heavy atom. The number of carbonyl (C=O) groups excluding carboxylic acids is 1. The number of nitrogens with zero attached hydrogens (tertiary/aromatic N) is 1. The lowest BCUT2D eigenvalue weighted by molar-refractivity contribution is 0.112. The van der Waals surface area contributed by atoms with Crippen LogP contribution in [-0.4, -0.2) is 23.5 Å². The summed E-state index contributed by atoms with van der Waals surface area (Å²) in [7, 11) is 1.83. The number of aldehydes is 1. The van der Waals surface area contributed by atoms with Gasteiger partial charge in [0.25, 0.3) is 5.56 Å². The molecule has 0 bridgehead atoms. The molecule has 0 aliphatic rings. The van der Waals surface area contributed by atoms with E-state index in [1.165, 1.54) is 6.07 Å². The van der Waals surface area contributed by atoms with E-state index >= 15 is 0 Å². The molecule has 19 heavy (non-hydrogen) atoms. The van der Waals surface area contributed by atoms with Crippen molar-refractivity contribution < 1.29 is 4.79 Å². The van der Waals surface area contributed by atoms with E-state index in [0.717, 1.165) is 23.1 Å². The molecule has 2 N–H and O–H groups in total. The number of benzene rings is 1. The monoisotopic (exact) mass is 259 g/mol. The van der Waals surface area contributed by atoms with Crippen molar-refractivity contribution in [1.29, 1.82) is 0 Å². The van der Waals surface area contributed by atoms with Gasteiger partial charge in [0.05, 0.1) is 5.69 Å². The molecule has 0 saturated heterocycles. The van der Waals surface area contributed by atoms with Crippen LogP contribution in [0.25, 0.3) is 0 Å². The first-order valence-electron chi connectivity index (χ1n) is 5.87. The predicted octanol–water partition coefficient (Wildman–Crippen LogP) is 1.30. The fourth-order valence-electron chi connectivity index (χ4n) is 1.37. The van der Waals surface area contributed by atoms with E-state index < -0.39 is 0 Å². The molecule has 0 atom stereocenters. The lowest BCUT2D eigenvalue weighted by atomic mass is 10.1. The Morgan fingerprint density at radius 2 is 2.00 bits per heavy atom. The average Bonchev–Trinajstić information content (AvgIpc) is 2.43. The first kappa shape index (κ1) is 14.8. The summed E-state index contributed by atoms with van der Waals surface area (Å²) < 4.78 is 0. The van der Waals surface area contributed by atoms with Gasteiger partial charge in [-0.25, -0.2) is 5.10 Å². The molecule has 5 heteroatoms. The summed E-state index contributed by atoms with van der Waals surface area (Å²) in [6.45, 7) is 2.60. The topological polar surface area (TPSA) is 74.8 Å². The molecule has 2 aromatic rings. The summed E-state index contributed by atoms with van der Waals surface area (Å²) in [5.74, 6) is 0. The van der Waals surface area contributed by atoms with Crippen LogP contribution < -0.4 is 10.9 Å². The third-order valence-electron chi connectivity index (χ3n) is 2.41. The molecule has 0 aliphatic carbocycles. The third-order valence-corrected chi connectivity index (χ3v) is 2.41. The molecule has 100 valence electrons. The van der Waals surface area contributed by atoms with Crippen molar-refractivity contribution in [1.82, 2.24) is 15.5 Å². The fraction of sp³-hybridized carbons (Fsp3) is 0.214. The van der Waals surface area contributed by atoms with Crippen molar-refractivity contribution in [3.05, 3.63) is 63.6 Å². The van der Waals surface area contributed by atoms with Crippen molar-refractivity contribution in [2.24, 2.45) is 0 Å². The van der Waals surface area contributed by atoms with Crippen LogP contribution in [0.1, 0.15) is 21.6 Å². The molecule has 0 unspecified atom stereocenters. The number of hydrogen-bond acceptors (Lipinski definition) is 4. The molecule has 2 rings (SSSR count). The Morgan fingerprint density at radius 1 is 1.26 bits per heavy atom. The molecule has 1 heterocycles. The van der Waals surface area contributed by atoms with Crippen LogP contribution in [0.3, 0.4) is 0 Å². The summed E-state index contributed by atoms with van der Waals surface area (Å²) in [5, 5.41) is 9.03. The van der Waals surface area contributed by atoms with Crippen LogP contribution in [0.15, 0.2) is 41.2 Å². The van der Waals surface area contributed by atoms with Crippen molar-refractivity contribution in [3.8, 4) is 0 Å². The Labute approximate surface area is 111 Å². The molecule has 5 nitrogen and oxygen atoms in total. The quantitative estimate of drug-likeness (QED) is 0.815. The average molecular weight is 259 g/mol. The maximum atomic E-state index is 10.5. The lowest BCUT2D eigenvalue weighted by Crippen LogP contribution is -2.12. The van der Waals surface area contributed by atoms with Crippen LogP contribution in [0.4, 0.5) is 0 Å². The Kier molecular flexibility index (Phi) is 6.18. The van der Waals surface area contributed by atoms with Crippen molar-refractivity contribution in [3.63, 3.8) is 0 Å². The minimum Gasteiger partial charge on any atom is -0.314 e. The summed E-state index contributed by atoms with van der Waals surface area (Å²) in [4.78, 5) is 20.7. The Bertz CT molecular complexity index is 558. The van der Waals surface area contributed by atoms with E-state index in [-0.39, 0.29) is 5.56 Å². The number of hydrogen-bond donors (Lipinski definition) is 2. The number of aromatic amines is 1. The molecule has 0 spiro atoms. The Hall–Kier alpha value is -2.27. The molecule has 0 amide bonds. The van der Waals surface area contributed by atoms with Gasteiger partial charge in [0.2, 0.25) is 0 Å². The summed E-state index contributed by atoms with van der Waals surface area (Å²) in [6.07, 6.45) is 0.870. The zero-order valence-corrected chi connectivity index (χ0v) is 11.0. The van der Waals surface area contributed by atoms with E-state index in [0.29, 0.717) is 6.54 Å². The molecule has 1 aromatic heterocycles.